The summed E-state index contributed by atoms with van der Waals surface area (Å²) in [5.74, 6) is -0.569. The Morgan fingerprint density at radius 2 is 1.95 bits per heavy atom. The average Bonchev–Trinajstić information content (AvgIpc) is 3.36. The van der Waals surface area contributed by atoms with Gasteiger partial charge in [-0.3, -0.25) is 9.79 Å². The van der Waals surface area contributed by atoms with E-state index in [2.05, 4.69) is 26.2 Å². The highest BCUT2D eigenvalue weighted by Crippen LogP contribution is 2.67. The van der Waals surface area contributed by atoms with Gasteiger partial charge in [-0.05, 0) is 70.7 Å². The van der Waals surface area contributed by atoms with Gasteiger partial charge in [-0.1, -0.05) is 50.1 Å². The van der Waals surface area contributed by atoms with Crippen LogP contribution in [0.2, 0.25) is 25.7 Å². The predicted molar refractivity (Wildman–Crippen MR) is 163 cm³/mol. The van der Waals surface area contributed by atoms with Crippen LogP contribution in [0.25, 0.3) is 6.08 Å². The molecule has 7 nitrogen and oxygen atoms in total. The van der Waals surface area contributed by atoms with Crippen molar-refractivity contribution in [3.05, 3.63) is 41.7 Å². The van der Waals surface area contributed by atoms with Crippen molar-refractivity contribution in [3.63, 3.8) is 0 Å². The third-order valence-corrected chi connectivity index (χ3v) is 11.0. The number of amides is 2. The Kier molecular flexibility index (Phi) is 8.65. The van der Waals surface area contributed by atoms with Crippen LogP contribution in [0.5, 0.6) is 0 Å². The second kappa shape index (κ2) is 11.2. The number of hydrogen-bond donors (Lipinski definition) is 0. The first-order valence-corrected chi connectivity index (χ1v) is 18.7. The molecule has 1 aliphatic carbocycles. The second-order valence-corrected chi connectivity index (χ2v) is 20.4. The number of halogens is 1. The first-order valence-electron chi connectivity index (χ1n) is 14.2. The van der Waals surface area contributed by atoms with E-state index in [-0.39, 0.29) is 18.6 Å². The van der Waals surface area contributed by atoms with Crippen LogP contribution >= 0.6 is 11.8 Å². The number of nitrogens with zero attached hydrogens (tertiary/aromatic N) is 3. The lowest BCUT2D eigenvalue weighted by atomic mass is 9.84. The zero-order chi connectivity index (χ0) is 29.5. The fourth-order valence-electron chi connectivity index (χ4n) is 5.40. The Morgan fingerprint density at radius 1 is 1.27 bits per heavy atom. The molecule has 0 bridgehead atoms. The van der Waals surface area contributed by atoms with Crippen LogP contribution in [0.1, 0.15) is 58.1 Å². The number of benzene rings is 1. The van der Waals surface area contributed by atoms with E-state index in [1.54, 1.807) is 39.0 Å². The van der Waals surface area contributed by atoms with Gasteiger partial charge in [-0.2, -0.15) is 0 Å². The second-order valence-electron chi connectivity index (χ2n) is 13.5. The van der Waals surface area contributed by atoms with Crippen molar-refractivity contribution >= 4 is 43.1 Å². The standard InChI is InChI=1S/C30H44FN3O4SSi/c1-9-21-12-13-23(31)22(18-21)29(5)24-19-30(24,25(35)33-14-10-11-15-33)39-26(32-29)34(27(36)38-28(2,3)4)20-37-16-17-40(6,7)8/h9,12-13,18,24H,1,10-11,14-17,19-20H2,2-8H3/t24?,29-,30+/m1/s1. The first-order chi connectivity index (χ1) is 18.6. The summed E-state index contributed by atoms with van der Waals surface area (Å²) in [4.78, 5) is 35.9. The molecule has 2 fully saturated rings. The Morgan fingerprint density at radius 3 is 2.55 bits per heavy atom. The summed E-state index contributed by atoms with van der Waals surface area (Å²) in [5, 5.41) is 0.328. The van der Waals surface area contributed by atoms with Gasteiger partial charge >= 0.3 is 6.09 Å². The van der Waals surface area contributed by atoms with E-state index in [0.29, 0.717) is 36.8 Å². The highest BCUT2D eigenvalue weighted by atomic mass is 32.2. The van der Waals surface area contributed by atoms with Crippen molar-refractivity contribution in [1.29, 1.82) is 0 Å². The molecule has 1 saturated carbocycles. The number of ether oxygens (including phenoxy) is 2. The normalized spacial score (nSPS) is 26.1. The van der Waals surface area contributed by atoms with Gasteiger partial charge in [0.15, 0.2) is 5.17 Å². The van der Waals surface area contributed by atoms with Crippen molar-refractivity contribution < 1.29 is 23.5 Å². The molecule has 3 aliphatic rings. The molecule has 0 aromatic heterocycles. The highest BCUT2D eigenvalue weighted by Gasteiger charge is 2.72. The Balaban J connectivity index is 1.77. The van der Waals surface area contributed by atoms with Crippen LogP contribution < -0.4 is 0 Å². The van der Waals surface area contributed by atoms with E-state index in [9.17, 15) is 9.59 Å². The molecular formula is C30H44FN3O4SSi. The number of rotatable bonds is 8. The van der Waals surface area contributed by atoms with E-state index < -0.39 is 35.9 Å². The van der Waals surface area contributed by atoms with Gasteiger partial charge in [0.1, 0.15) is 22.9 Å². The van der Waals surface area contributed by atoms with Crippen molar-refractivity contribution in [2.24, 2.45) is 10.9 Å². The van der Waals surface area contributed by atoms with Crippen LogP contribution in [0.4, 0.5) is 9.18 Å². The zero-order valence-corrected chi connectivity index (χ0v) is 26.8. The van der Waals surface area contributed by atoms with Gasteiger partial charge < -0.3 is 14.4 Å². The van der Waals surface area contributed by atoms with Gasteiger partial charge in [-0.25, -0.2) is 14.1 Å². The summed E-state index contributed by atoms with van der Waals surface area (Å²) in [6.45, 7) is 19.8. The lowest BCUT2D eigenvalue weighted by molar-refractivity contribution is -0.130. The maximum Gasteiger partial charge on any atom is 0.418 e. The van der Waals surface area contributed by atoms with Crippen molar-refractivity contribution in [2.75, 3.05) is 26.4 Å². The molecular weight excluding hydrogens is 545 g/mol. The van der Waals surface area contributed by atoms with Gasteiger partial charge in [-0.15, -0.1) is 0 Å². The maximum atomic E-state index is 15.5. The number of fused-ring (bicyclic) bond motifs is 1. The fraction of sp³-hybridized carbons (Fsp3) is 0.633. The molecule has 1 aromatic carbocycles. The molecule has 220 valence electrons. The third kappa shape index (κ3) is 6.49. The molecule has 4 rings (SSSR count). The summed E-state index contributed by atoms with van der Waals surface area (Å²) < 4.78 is 26.4. The molecule has 2 heterocycles. The molecule has 1 saturated heterocycles. The lowest BCUT2D eigenvalue weighted by Crippen LogP contribution is -2.49. The summed E-state index contributed by atoms with van der Waals surface area (Å²) in [7, 11) is -1.36. The summed E-state index contributed by atoms with van der Waals surface area (Å²) in [6.07, 6.45) is 3.56. The smallest absolute Gasteiger partial charge is 0.418 e. The van der Waals surface area contributed by atoms with Crippen LogP contribution in [-0.2, 0) is 19.8 Å². The molecule has 2 aliphatic heterocycles. The van der Waals surface area contributed by atoms with E-state index in [4.69, 9.17) is 14.5 Å². The largest absolute Gasteiger partial charge is 0.443 e. The molecule has 0 spiro atoms. The van der Waals surface area contributed by atoms with Crippen molar-refractivity contribution in [2.45, 2.75) is 88.5 Å². The lowest BCUT2D eigenvalue weighted by Gasteiger charge is -2.38. The highest BCUT2D eigenvalue weighted by molar-refractivity contribution is 8.16. The molecule has 40 heavy (non-hydrogen) atoms. The topological polar surface area (TPSA) is 71.4 Å². The minimum atomic E-state index is -1.36. The van der Waals surface area contributed by atoms with E-state index in [1.807, 2.05) is 11.8 Å². The molecule has 1 unspecified atom stereocenters. The fourth-order valence-corrected chi connectivity index (χ4v) is 7.79. The first kappa shape index (κ1) is 30.8. The van der Waals surface area contributed by atoms with Crippen LogP contribution in [0.3, 0.4) is 0 Å². The van der Waals surface area contributed by atoms with E-state index in [0.717, 1.165) is 24.4 Å². The predicted octanol–water partition coefficient (Wildman–Crippen LogP) is 6.72. The average molecular weight is 590 g/mol. The molecule has 0 radical (unpaired) electrons. The van der Waals surface area contributed by atoms with Crippen molar-refractivity contribution in [3.8, 4) is 0 Å². The summed E-state index contributed by atoms with van der Waals surface area (Å²) in [6, 6.07) is 5.79. The number of thioether (sulfide) groups is 1. The van der Waals surface area contributed by atoms with Gasteiger partial charge in [0.2, 0.25) is 5.91 Å². The number of carbonyl (C=O) groups is 2. The van der Waals surface area contributed by atoms with Gasteiger partial charge in [0, 0.05) is 39.3 Å². The quantitative estimate of drug-likeness (QED) is 0.191. The summed E-state index contributed by atoms with van der Waals surface area (Å²) >= 11 is 1.31. The minimum absolute atomic E-state index is 0.0442. The van der Waals surface area contributed by atoms with E-state index >= 15 is 4.39 Å². The number of hydrogen-bond acceptors (Lipinski definition) is 6. The minimum Gasteiger partial charge on any atom is -0.443 e. The zero-order valence-electron chi connectivity index (χ0n) is 25.0. The number of amidine groups is 1. The molecule has 10 heteroatoms. The van der Waals surface area contributed by atoms with Gasteiger partial charge in [0.05, 0.1) is 5.54 Å². The van der Waals surface area contributed by atoms with Crippen LogP contribution in [0, 0.1) is 11.7 Å². The number of aliphatic imine (C=N–C) groups is 1. The monoisotopic (exact) mass is 589 g/mol. The maximum absolute atomic E-state index is 15.5. The molecule has 2 amide bonds. The third-order valence-electron chi connectivity index (χ3n) is 7.78. The summed E-state index contributed by atoms with van der Waals surface area (Å²) in [5.41, 5.74) is -0.652. The molecule has 3 atom stereocenters. The van der Waals surface area contributed by atoms with Crippen molar-refractivity contribution in [1.82, 2.24) is 9.80 Å². The van der Waals surface area contributed by atoms with Gasteiger partial charge in [0.25, 0.3) is 0 Å². The number of likely N-dealkylation sites (tertiary alicyclic amines) is 1. The Labute approximate surface area is 243 Å². The van der Waals surface area contributed by atoms with E-state index in [1.165, 1.54) is 22.7 Å². The SMILES string of the molecule is C=Cc1ccc(F)c([C@@]2(C)N=C(N(COCC[Si](C)(C)C)C(=O)OC(C)(C)C)S[C@@]3(C(=O)N4CCCC4)CC32)c1. The number of carbonyl (C=O) groups excluding carboxylic acids is 2. The molecule has 1 aromatic rings. The Bertz CT molecular complexity index is 1190. The van der Waals surface area contributed by atoms with Crippen LogP contribution in [-0.4, -0.2) is 71.8 Å². The molecule has 0 N–H and O–H groups in total. The van der Waals surface area contributed by atoms with Crippen LogP contribution in [0.15, 0.2) is 29.8 Å². The Hall–Kier alpha value is -2.17.